The molecule has 2 aromatic rings. The lowest BCUT2D eigenvalue weighted by molar-refractivity contribution is 0.289. The van der Waals surface area contributed by atoms with E-state index >= 15 is 0 Å². The number of hydrogen-bond donors (Lipinski definition) is 1. The fraction of sp³-hybridized carbons (Fsp3) is 0.176. The molecule has 1 N–H and O–H groups in total. The summed E-state index contributed by atoms with van der Waals surface area (Å²) in [7, 11) is 1.59. The third-order valence-corrected chi connectivity index (χ3v) is 2.77. The highest BCUT2D eigenvalue weighted by Gasteiger charge is 2.05. The van der Waals surface area contributed by atoms with Crippen LogP contribution in [0.15, 0.2) is 42.5 Å². The van der Waals surface area contributed by atoms with Gasteiger partial charge in [-0.25, -0.2) is 4.39 Å². The van der Waals surface area contributed by atoms with E-state index in [1.807, 2.05) is 24.3 Å². The fourth-order valence-electron chi connectivity index (χ4n) is 1.76. The summed E-state index contributed by atoms with van der Waals surface area (Å²) in [5, 5.41) is 8.66. The van der Waals surface area contributed by atoms with E-state index in [4.69, 9.17) is 14.6 Å². The van der Waals surface area contributed by atoms with Gasteiger partial charge in [-0.1, -0.05) is 24.0 Å². The minimum absolute atomic E-state index is 0.127. The SMILES string of the molecule is COc1cccc(COc2cc(C#CCO)ccc2F)c1. The van der Waals surface area contributed by atoms with Crippen LogP contribution in [0.5, 0.6) is 11.5 Å². The first-order valence-corrected chi connectivity index (χ1v) is 6.38. The van der Waals surface area contributed by atoms with Gasteiger partial charge in [-0.15, -0.1) is 0 Å². The van der Waals surface area contributed by atoms with Crippen LogP contribution < -0.4 is 9.47 Å². The lowest BCUT2D eigenvalue weighted by Gasteiger charge is -2.09. The molecule has 0 saturated heterocycles. The number of halogens is 1. The normalized spacial score (nSPS) is 9.67. The van der Waals surface area contributed by atoms with Gasteiger partial charge in [-0.05, 0) is 35.9 Å². The fourth-order valence-corrected chi connectivity index (χ4v) is 1.76. The third kappa shape index (κ3) is 4.23. The molecule has 4 heteroatoms. The first-order valence-electron chi connectivity index (χ1n) is 6.38. The summed E-state index contributed by atoms with van der Waals surface area (Å²) in [6.07, 6.45) is 0. The Bertz CT molecular complexity index is 671. The van der Waals surface area contributed by atoms with Gasteiger partial charge in [0, 0.05) is 5.56 Å². The van der Waals surface area contributed by atoms with Crippen molar-refractivity contribution in [2.75, 3.05) is 13.7 Å². The Kier molecular flexibility index (Phi) is 5.19. The number of rotatable bonds is 4. The van der Waals surface area contributed by atoms with Gasteiger partial charge in [0.25, 0.3) is 0 Å². The molecule has 0 aromatic heterocycles. The van der Waals surface area contributed by atoms with Crippen molar-refractivity contribution in [3.8, 4) is 23.3 Å². The van der Waals surface area contributed by atoms with E-state index in [1.165, 1.54) is 18.2 Å². The second kappa shape index (κ2) is 7.32. The van der Waals surface area contributed by atoms with Crippen LogP contribution in [0.1, 0.15) is 11.1 Å². The van der Waals surface area contributed by atoms with Crippen molar-refractivity contribution in [3.63, 3.8) is 0 Å². The molecule has 2 aromatic carbocycles. The van der Waals surface area contributed by atoms with E-state index < -0.39 is 5.82 Å². The molecule has 0 aliphatic heterocycles. The third-order valence-electron chi connectivity index (χ3n) is 2.77. The second-order valence-electron chi connectivity index (χ2n) is 4.25. The molecule has 0 radical (unpaired) electrons. The average Bonchev–Trinajstić information content (AvgIpc) is 2.53. The standard InChI is InChI=1S/C17H15FO3/c1-20-15-6-2-4-14(10-15)12-21-17-11-13(5-3-9-19)7-8-16(17)18/h2,4,6-8,10-11,19H,9,12H2,1H3. The predicted octanol–water partition coefficient (Wildman–Crippen LogP) is 2.76. The molecular formula is C17H15FO3. The smallest absolute Gasteiger partial charge is 0.165 e. The summed E-state index contributed by atoms with van der Waals surface area (Å²) < 4.78 is 24.3. The first-order chi connectivity index (χ1) is 10.2. The molecule has 21 heavy (non-hydrogen) atoms. The second-order valence-corrected chi connectivity index (χ2v) is 4.25. The summed E-state index contributed by atoms with van der Waals surface area (Å²) >= 11 is 0. The van der Waals surface area contributed by atoms with E-state index in [0.29, 0.717) is 5.56 Å². The van der Waals surface area contributed by atoms with Gasteiger partial charge in [0.15, 0.2) is 11.6 Å². The summed E-state index contributed by atoms with van der Waals surface area (Å²) in [6, 6.07) is 11.7. The molecule has 3 nitrogen and oxygen atoms in total. The van der Waals surface area contributed by atoms with Crippen LogP contribution in [0.2, 0.25) is 0 Å². The minimum atomic E-state index is -0.451. The molecule has 2 rings (SSSR count). The Labute approximate surface area is 122 Å². The van der Waals surface area contributed by atoms with E-state index in [0.717, 1.165) is 11.3 Å². The van der Waals surface area contributed by atoms with Crippen molar-refractivity contribution in [2.24, 2.45) is 0 Å². The van der Waals surface area contributed by atoms with E-state index in [-0.39, 0.29) is 19.0 Å². The molecule has 0 saturated carbocycles. The monoisotopic (exact) mass is 286 g/mol. The number of ether oxygens (including phenoxy) is 2. The molecular weight excluding hydrogens is 271 g/mol. The maximum atomic E-state index is 13.7. The largest absolute Gasteiger partial charge is 0.497 e. The Morgan fingerprint density at radius 2 is 2.05 bits per heavy atom. The van der Waals surface area contributed by atoms with Crippen molar-refractivity contribution in [3.05, 3.63) is 59.4 Å². The number of hydrogen-bond acceptors (Lipinski definition) is 3. The molecule has 108 valence electrons. The highest BCUT2D eigenvalue weighted by Crippen LogP contribution is 2.21. The molecule has 0 amide bonds. The van der Waals surface area contributed by atoms with Gasteiger partial charge in [0.2, 0.25) is 0 Å². The predicted molar refractivity (Wildman–Crippen MR) is 77.7 cm³/mol. The molecule has 0 spiro atoms. The van der Waals surface area contributed by atoms with Crippen molar-refractivity contribution >= 4 is 0 Å². The number of aliphatic hydroxyl groups excluding tert-OH is 1. The highest BCUT2D eigenvalue weighted by atomic mass is 19.1. The van der Waals surface area contributed by atoms with Crippen LogP contribution in [-0.4, -0.2) is 18.8 Å². The maximum absolute atomic E-state index is 13.7. The van der Waals surface area contributed by atoms with Crippen LogP contribution in [0.4, 0.5) is 4.39 Å². The minimum Gasteiger partial charge on any atom is -0.497 e. The van der Waals surface area contributed by atoms with Gasteiger partial charge < -0.3 is 14.6 Å². The number of aliphatic hydroxyl groups is 1. The summed E-state index contributed by atoms with van der Waals surface area (Å²) in [4.78, 5) is 0. The Hall–Kier alpha value is -2.51. The summed E-state index contributed by atoms with van der Waals surface area (Å²) in [5.41, 5.74) is 1.46. The zero-order valence-corrected chi connectivity index (χ0v) is 11.6. The van der Waals surface area contributed by atoms with Gasteiger partial charge >= 0.3 is 0 Å². The van der Waals surface area contributed by atoms with Crippen LogP contribution in [-0.2, 0) is 6.61 Å². The zero-order chi connectivity index (χ0) is 15.1. The Morgan fingerprint density at radius 1 is 1.19 bits per heavy atom. The summed E-state index contributed by atoms with van der Waals surface area (Å²) in [5.74, 6) is 5.62. The number of methoxy groups -OCH3 is 1. The van der Waals surface area contributed by atoms with E-state index in [9.17, 15) is 4.39 Å². The lowest BCUT2D eigenvalue weighted by Crippen LogP contribution is -1.98. The molecule has 0 fully saturated rings. The highest BCUT2D eigenvalue weighted by molar-refractivity contribution is 5.41. The maximum Gasteiger partial charge on any atom is 0.165 e. The molecule has 0 aliphatic carbocycles. The van der Waals surface area contributed by atoms with Crippen LogP contribution in [0.25, 0.3) is 0 Å². The number of benzene rings is 2. The molecule has 0 atom stereocenters. The van der Waals surface area contributed by atoms with Crippen LogP contribution in [0.3, 0.4) is 0 Å². The van der Waals surface area contributed by atoms with Gasteiger partial charge in [-0.3, -0.25) is 0 Å². The molecule has 0 heterocycles. The summed E-state index contributed by atoms with van der Waals surface area (Å²) in [6.45, 7) is -0.0115. The van der Waals surface area contributed by atoms with Gasteiger partial charge in [-0.2, -0.15) is 0 Å². The van der Waals surface area contributed by atoms with Crippen molar-refractivity contribution in [1.29, 1.82) is 0 Å². The van der Waals surface area contributed by atoms with Crippen molar-refractivity contribution < 1.29 is 19.0 Å². The quantitative estimate of drug-likeness (QED) is 0.878. The van der Waals surface area contributed by atoms with Gasteiger partial charge in [0.05, 0.1) is 7.11 Å². The first kappa shape index (κ1) is 14.9. The Balaban J connectivity index is 2.11. The van der Waals surface area contributed by atoms with E-state index in [1.54, 1.807) is 7.11 Å². The topological polar surface area (TPSA) is 38.7 Å². The van der Waals surface area contributed by atoms with Crippen molar-refractivity contribution in [2.45, 2.75) is 6.61 Å². The van der Waals surface area contributed by atoms with Crippen LogP contribution in [0, 0.1) is 17.7 Å². The zero-order valence-electron chi connectivity index (χ0n) is 11.6. The average molecular weight is 286 g/mol. The molecule has 0 aliphatic rings. The lowest BCUT2D eigenvalue weighted by atomic mass is 10.2. The van der Waals surface area contributed by atoms with Crippen LogP contribution >= 0.6 is 0 Å². The molecule has 0 bridgehead atoms. The molecule has 0 unspecified atom stereocenters. The van der Waals surface area contributed by atoms with E-state index in [2.05, 4.69) is 11.8 Å². The van der Waals surface area contributed by atoms with Gasteiger partial charge in [0.1, 0.15) is 19.0 Å². The Morgan fingerprint density at radius 3 is 2.81 bits per heavy atom. The van der Waals surface area contributed by atoms with Crippen molar-refractivity contribution in [1.82, 2.24) is 0 Å².